The molecule has 110 valence electrons. The van der Waals surface area contributed by atoms with Gasteiger partial charge in [-0.2, -0.15) is 0 Å². The Morgan fingerprint density at radius 3 is 2.89 bits per heavy atom. The van der Waals surface area contributed by atoms with Gasteiger partial charge in [0.2, 0.25) is 5.91 Å². The molecule has 2 fully saturated rings. The van der Waals surface area contributed by atoms with Crippen LogP contribution in [0.2, 0.25) is 0 Å². The monoisotopic (exact) mass is 285 g/mol. The van der Waals surface area contributed by atoms with E-state index in [-0.39, 0.29) is 5.91 Å². The molecule has 4 nitrogen and oxygen atoms in total. The molecular weight excluding hydrogens is 258 g/mol. The number of piperidine rings is 1. The fourth-order valence-electron chi connectivity index (χ4n) is 2.98. The van der Waals surface area contributed by atoms with Gasteiger partial charge in [-0.05, 0) is 51.9 Å². The van der Waals surface area contributed by atoms with Crippen LogP contribution < -0.4 is 10.6 Å². The second kappa shape index (κ2) is 8.12. The van der Waals surface area contributed by atoms with Gasteiger partial charge in [0.15, 0.2) is 0 Å². The van der Waals surface area contributed by atoms with Gasteiger partial charge >= 0.3 is 0 Å². The first-order valence-electron chi connectivity index (χ1n) is 7.62. The van der Waals surface area contributed by atoms with Crippen molar-refractivity contribution in [3.05, 3.63) is 0 Å². The van der Waals surface area contributed by atoms with E-state index in [0.717, 1.165) is 26.2 Å². The SMILES string of the molecule is CCN1CCCC1CNC(=O)CSC1CCNCC1. The van der Waals surface area contributed by atoms with E-state index in [0.29, 0.717) is 17.0 Å². The van der Waals surface area contributed by atoms with Crippen molar-refractivity contribution in [1.82, 2.24) is 15.5 Å². The third-order valence-electron chi connectivity index (χ3n) is 4.18. The zero-order chi connectivity index (χ0) is 13.5. The average Bonchev–Trinajstić information content (AvgIpc) is 2.91. The van der Waals surface area contributed by atoms with Gasteiger partial charge in [-0.25, -0.2) is 0 Å². The van der Waals surface area contributed by atoms with Gasteiger partial charge < -0.3 is 10.6 Å². The van der Waals surface area contributed by atoms with Crippen LogP contribution in [0.3, 0.4) is 0 Å². The van der Waals surface area contributed by atoms with Gasteiger partial charge in [0.05, 0.1) is 5.75 Å². The molecule has 2 N–H and O–H groups in total. The van der Waals surface area contributed by atoms with E-state index < -0.39 is 0 Å². The van der Waals surface area contributed by atoms with Gasteiger partial charge in [0, 0.05) is 17.8 Å². The maximum Gasteiger partial charge on any atom is 0.230 e. The Kier molecular flexibility index (Phi) is 6.47. The second-order valence-electron chi connectivity index (χ2n) is 5.49. The van der Waals surface area contributed by atoms with Gasteiger partial charge in [-0.3, -0.25) is 9.69 Å². The zero-order valence-corrected chi connectivity index (χ0v) is 12.8. The quantitative estimate of drug-likeness (QED) is 0.766. The standard InChI is InChI=1S/C14H27N3OS/c1-2-17-9-3-4-12(17)10-16-14(18)11-19-13-5-7-15-8-6-13/h12-13,15H,2-11H2,1H3,(H,16,18). The highest BCUT2D eigenvalue weighted by Gasteiger charge is 2.23. The normalized spacial score (nSPS) is 25.6. The zero-order valence-electron chi connectivity index (χ0n) is 12.0. The molecule has 2 aliphatic rings. The lowest BCUT2D eigenvalue weighted by Crippen LogP contribution is -2.40. The predicted molar refractivity (Wildman–Crippen MR) is 81.6 cm³/mol. The highest BCUT2D eigenvalue weighted by Crippen LogP contribution is 2.20. The lowest BCUT2D eigenvalue weighted by Gasteiger charge is -2.24. The van der Waals surface area contributed by atoms with Gasteiger partial charge in [-0.15, -0.1) is 11.8 Å². The summed E-state index contributed by atoms with van der Waals surface area (Å²) in [5.41, 5.74) is 0. The van der Waals surface area contributed by atoms with E-state index in [1.807, 2.05) is 11.8 Å². The number of rotatable bonds is 6. The fraction of sp³-hybridized carbons (Fsp3) is 0.929. The van der Waals surface area contributed by atoms with Crippen LogP contribution in [0, 0.1) is 0 Å². The Bertz CT molecular complexity index is 282. The van der Waals surface area contributed by atoms with Crippen molar-refractivity contribution in [2.24, 2.45) is 0 Å². The van der Waals surface area contributed by atoms with Gasteiger partial charge in [-0.1, -0.05) is 6.92 Å². The second-order valence-corrected chi connectivity index (χ2v) is 6.78. The first-order valence-corrected chi connectivity index (χ1v) is 8.67. The van der Waals surface area contributed by atoms with Crippen LogP contribution in [0.4, 0.5) is 0 Å². The topological polar surface area (TPSA) is 44.4 Å². The van der Waals surface area contributed by atoms with Crippen LogP contribution in [0.25, 0.3) is 0 Å². The number of nitrogens with zero attached hydrogens (tertiary/aromatic N) is 1. The van der Waals surface area contributed by atoms with Crippen LogP contribution in [-0.2, 0) is 4.79 Å². The van der Waals surface area contributed by atoms with Crippen LogP contribution in [-0.4, -0.2) is 60.6 Å². The summed E-state index contributed by atoms with van der Waals surface area (Å²) in [6.45, 7) is 7.54. The minimum absolute atomic E-state index is 0.214. The molecule has 1 atom stereocenters. The minimum Gasteiger partial charge on any atom is -0.354 e. The van der Waals surface area contributed by atoms with E-state index >= 15 is 0 Å². The minimum atomic E-state index is 0.214. The molecule has 5 heteroatoms. The summed E-state index contributed by atoms with van der Waals surface area (Å²) in [6.07, 6.45) is 4.90. The highest BCUT2D eigenvalue weighted by molar-refractivity contribution is 8.00. The molecule has 19 heavy (non-hydrogen) atoms. The van der Waals surface area contributed by atoms with Gasteiger partial charge in [0.25, 0.3) is 0 Å². The molecule has 1 amide bonds. The molecule has 2 heterocycles. The average molecular weight is 285 g/mol. The summed E-state index contributed by atoms with van der Waals surface area (Å²) < 4.78 is 0. The summed E-state index contributed by atoms with van der Waals surface area (Å²) in [7, 11) is 0. The van der Waals surface area contributed by atoms with Crippen LogP contribution in [0.5, 0.6) is 0 Å². The fourth-order valence-corrected chi connectivity index (χ4v) is 4.04. The molecule has 0 radical (unpaired) electrons. The molecule has 1 unspecified atom stereocenters. The first kappa shape index (κ1) is 15.1. The maximum atomic E-state index is 11.9. The van der Waals surface area contributed by atoms with E-state index in [1.54, 1.807) is 0 Å². The van der Waals surface area contributed by atoms with Crippen molar-refractivity contribution in [2.75, 3.05) is 38.5 Å². The summed E-state index contributed by atoms with van der Waals surface area (Å²) in [5, 5.41) is 7.14. The van der Waals surface area contributed by atoms with Crippen molar-refractivity contribution < 1.29 is 4.79 Å². The van der Waals surface area contributed by atoms with Crippen molar-refractivity contribution in [3.63, 3.8) is 0 Å². The lowest BCUT2D eigenvalue weighted by atomic mass is 10.2. The van der Waals surface area contributed by atoms with E-state index in [9.17, 15) is 4.79 Å². The highest BCUT2D eigenvalue weighted by atomic mass is 32.2. The first-order chi connectivity index (χ1) is 9.29. The summed E-state index contributed by atoms with van der Waals surface area (Å²) in [5.74, 6) is 0.843. The molecule has 0 saturated carbocycles. The molecular formula is C14H27N3OS. The number of likely N-dealkylation sites (tertiary alicyclic amines) is 1. The van der Waals surface area contributed by atoms with E-state index in [4.69, 9.17) is 0 Å². The Morgan fingerprint density at radius 2 is 2.16 bits per heavy atom. The molecule has 0 aromatic carbocycles. The number of thioether (sulfide) groups is 1. The lowest BCUT2D eigenvalue weighted by molar-refractivity contribution is -0.118. The Balaban J connectivity index is 1.58. The number of likely N-dealkylation sites (N-methyl/N-ethyl adjacent to an activating group) is 1. The molecule has 0 bridgehead atoms. The summed E-state index contributed by atoms with van der Waals surface area (Å²) in [4.78, 5) is 14.3. The van der Waals surface area contributed by atoms with Crippen molar-refractivity contribution in [2.45, 2.75) is 43.9 Å². The number of hydrogen-bond acceptors (Lipinski definition) is 4. The molecule has 2 saturated heterocycles. The van der Waals surface area contributed by atoms with Crippen LogP contribution in [0.1, 0.15) is 32.6 Å². The van der Waals surface area contributed by atoms with Gasteiger partial charge in [0.1, 0.15) is 0 Å². The number of amides is 1. The third kappa shape index (κ3) is 4.97. The predicted octanol–water partition coefficient (Wildman–Crippen LogP) is 1.07. The van der Waals surface area contributed by atoms with Crippen molar-refractivity contribution >= 4 is 17.7 Å². The Hall–Kier alpha value is -0.260. The molecule has 2 rings (SSSR count). The summed E-state index contributed by atoms with van der Waals surface area (Å²) >= 11 is 1.83. The van der Waals surface area contributed by atoms with Crippen LogP contribution in [0.15, 0.2) is 0 Å². The van der Waals surface area contributed by atoms with E-state index in [1.165, 1.54) is 32.2 Å². The van der Waals surface area contributed by atoms with E-state index in [2.05, 4.69) is 22.5 Å². The molecule has 0 aromatic rings. The maximum absolute atomic E-state index is 11.9. The number of nitrogens with one attached hydrogen (secondary N) is 2. The molecule has 0 spiro atoms. The van der Waals surface area contributed by atoms with Crippen LogP contribution >= 0.6 is 11.8 Å². The number of carbonyl (C=O) groups is 1. The van der Waals surface area contributed by atoms with Crippen molar-refractivity contribution in [3.8, 4) is 0 Å². The Labute approximate surface area is 121 Å². The third-order valence-corrected chi connectivity index (χ3v) is 5.55. The Morgan fingerprint density at radius 1 is 1.37 bits per heavy atom. The number of carbonyl (C=O) groups excluding carboxylic acids is 1. The molecule has 0 aliphatic carbocycles. The molecule has 2 aliphatic heterocycles. The smallest absolute Gasteiger partial charge is 0.230 e. The molecule has 0 aromatic heterocycles. The van der Waals surface area contributed by atoms with Crippen molar-refractivity contribution in [1.29, 1.82) is 0 Å². The summed E-state index contributed by atoms with van der Waals surface area (Å²) in [6, 6.07) is 0.567. The number of hydrogen-bond donors (Lipinski definition) is 2. The largest absolute Gasteiger partial charge is 0.354 e.